The van der Waals surface area contributed by atoms with Crippen LogP contribution in [0.1, 0.15) is 49.8 Å². The van der Waals surface area contributed by atoms with E-state index in [4.69, 9.17) is 16.3 Å². The van der Waals surface area contributed by atoms with Gasteiger partial charge in [0, 0.05) is 11.1 Å². The molecule has 18 heavy (non-hydrogen) atoms. The Balaban J connectivity index is 2.35. The number of hydrogen-bond donors (Lipinski definition) is 1. The van der Waals surface area contributed by atoms with Crippen LogP contribution in [0.15, 0.2) is 12.1 Å². The van der Waals surface area contributed by atoms with Crippen molar-refractivity contribution in [3.8, 4) is 5.75 Å². The first-order chi connectivity index (χ1) is 8.76. The van der Waals surface area contributed by atoms with Crippen molar-refractivity contribution in [3.63, 3.8) is 0 Å². The smallest absolute Gasteiger partial charge is 0.120 e. The van der Waals surface area contributed by atoms with Crippen LogP contribution in [0.4, 0.5) is 0 Å². The van der Waals surface area contributed by atoms with E-state index in [2.05, 4.69) is 18.3 Å². The Kier molecular flexibility index (Phi) is 4.90. The van der Waals surface area contributed by atoms with Gasteiger partial charge in [-0.05, 0) is 55.5 Å². The van der Waals surface area contributed by atoms with E-state index >= 15 is 0 Å². The first-order valence-electron chi connectivity index (χ1n) is 6.86. The summed E-state index contributed by atoms with van der Waals surface area (Å²) < 4.78 is 5.34. The van der Waals surface area contributed by atoms with Crippen LogP contribution in [-0.4, -0.2) is 13.7 Å². The maximum atomic E-state index is 6.39. The van der Waals surface area contributed by atoms with Gasteiger partial charge >= 0.3 is 0 Å². The molecule has 1 N–H and O–H groups in total. The van der Waals surface area contributed by atoms with Crippen LogP contribution in [0, 0.1) is 0 Å². The highest BCUT2D eigenvalue weighted by Crippen LogP contribution is 2.36. The van der Waals surface area contributed by atoms with E-state index in [0.29, 0.717) is 6.04 Å². The predicted octanol–water partition coefficient (Wildman–Crippen LogP) is 4.12. The summed E-state index contributed by atoms with van der Waals surface area (Å²) in [6.07, 6.45) is 5.92. The molecule has 0 aromatic heterocycles. The van der Waals surface area contributed by atoms with Crippen LogP contribution in [0.25, 0.3) is 0 Å². The molecule has 3 heteroatoms. The largest absolute Gasteiger partial charge is 0.497 e. The summed E-state index contributed by atoms with van der Waals surface area (Å²) in [5, 5.41) is 4.49. The molecule has 0 spiro atoms. The van der Waals surface area contributed by atoms with Crippen molar-refractivity contribution in [3.05, 3.63) is 28.3 Å². The molecule has 0 fully saturated rings. The second-order valence-electron chi connectivity index (χ2n) is 4.93. The van der Waals surface area contributed by atoms with Gasteiger partial charge in [-0.2, -0.15) is 0 Å². The summed E-state index contributed by atoms with van der Waals surface area (Å²) in [7, 11) is 1.70. The third-order valence-corrected chi connectivity index (χ3v) is 3.96. The number of benzene rings is 1. The summed E-state index contributed by atoms with van der Waals surface area (Å²) in [4.78, 5) is 0. The zero-order valence-corrected chi connectivity index (χ0v) is 12.0. The van der Waals surface area contributed by atoms with Gasteiger partial charge in [0.05, 0.1) is 7.11 Å². The van der Waals surface area contributed by atoms with Crippen LogP contribution in [0.5, 0.6) is 5.75 Å². The number of halogens is 1. The number of ether oxygens (including phenoxy) is 1. The van der Waals surface area contributed by atoms with Crippen LogP contribution >= 0.6 is 11.6 Å². The lowest BCUT2D eigenvalue weighted by molar-refractivity contribution is 0.412. The molecule has 0 aliphatic heterocycles. The third-order valence-electron chi connectivity index (χ3n) is 3.62. The van der Waals surface area contributed by atoms with E-state index in [1.807, 2.05) is 6.07 Å². The molecule has 1 aliphatic carbocycles. The van der Waals surface area contributed by atoms with Crippen molar-refractivity contribution in [2.45, 2.75) is 45.1 Å². The van der Waals surface area contributed by atoms with Crippen molar-refractivity contribution < 1.29 is 4.74 Å². The molecule has 0 heterocycles. The Labute approximate surface area is 115 Å². The van der Waals surface area contributed by atoms with Crippen LogP contribution in [-0.2, 0) is 6.42 Å². The molecule has 1 unspecified atom stereocenters. The van der Waals surface area contributed by atoms with Gasteiger partial charge in [0.25, 0.3) is 0 Å². The summed E-state index contributed by atoms with van der Waals surface area (Å²) in [5.74, 6) is 0.865. The van der Waals surface area contributed by atoms with Crippen molar-refractivity contribution >= 4 is 11.6 Å². The molecule has 1 aromatic rings. The lowest BCUT2D eigenvalue weighted by atomic mass is 9.98. The van der Waals surface area contributed by atoms with Crippen molar-refractivity contribution in [1.29, 1.82) is 0 Å². The van der Waals surface area contributed by atoms with Crippen molar-refractivity contribution in [1.82, 2.24) is 5.32 Å². The average molecular weight is 268 g/mol. The molecule has 2 rings (SSSR count). The van der Waals surface area contributed by atoms with E-state index in [1.54, 1.807) is 7.11 Å². The lowest BCUT2D eigenvalue weighted by Gasteiger charge is -2.20. The van der Waals surface area contributed by atoms with E-state index in [0.717, 1.165) is 30.2 Å². The molecule has 1 aromatic carbocycles. The minimum atomic E-state index is 0.426. The molecule has 1 aliphatic rings. The highest BCUT2D eigenvalue weighted by Gasteiger charge is 2.21. The van der Waals surface area contributed by atoms with Crippen LogP contribution in [0.3, 0.4) is 0 Å². The molecule has 0 bridgehead atoms. The van der Waals surface area contributed by atoms with Gasteiger partial charge in [-0.15, -0.1) is 0 Å². The maximum Gasteiger partial charge on any atom is 0.120 e. The van der Waals surface area contributed by atoms with Gasteiger partial charge in [0.1, 0.15) is 5.75 Å². The zero-order valence-electron chi connectivity index (χ0n) is 11.3. The molecular weight excluding hydrogens is 246 g/mol. The third kappa shape index (κ3) is 2.99. The fourth-order valence-corrected chi connectivity index (χ4v) is 2.97. The molecular formula is C15H22ClNO. The predicted molar refractivity (Wildman–Crippen MR) is 76.6 cm³/mol. The molecule has 0 radical (unpaired) electrons. The van der Waals surface area contributed by atoms with E-state index < -0.39 is 0 Å². The number of methoxy groups -OCH3 is 1. The normalized spacial score (nSPS) is 19.2. The monoisotopic (exact) mass is 267 g/mol. The van der Waals surface area contributed by atoms with Gasteiger partial charge in [0.2, 0.25) is 0 Å². The Morgan fingerprint density at radius 2 is 2.22 bits per heavy atom. The Hall–Kier alpha value is -0.730. The van der Waals surface area contributed by atoms with E-state index in [1.165, 1.54) is 30.4 Å². The zero-order chi connectivity index (χ0) is 13.0. The molecule has 0 amide bonds. The SMILES string of the molecule is CCCNC1CCCCc2c(Cl)cc(OC)cc21. The fourth-order valence-electron chi connectivity index (χ4n) is 2.66. The maximum absolute atomic E-state index is 6.39. The molecule has 2 nitrogen and oxygen atoms in total. The number of hydrogen-bond acceptors (Lipinski definition) is 2. The van der Waals surface area contributed by atoms with Gasteiger partial charge in [-0.25, -0.2) is 0 Å². The van der Waals surface area contributed by atoms with Crippen LogP contribution < -0.4 is 10.1 Å². The lowest BCUT2D eigenvalue weighted by Crippen LogP contribution is -2.22. The molecule has 0 saturated heterocycles. The summed E-state index contributed by atoms with van der Waals surface area (Å²) in [5.41, 5.74) is 2.65. The Bertz CT molecular complexity index is 406. The van der Waals surface area contributed by atoms with Gasteiger partial charge < -0.3 is 10.1 Å². The highest BCUT2D eigenvalue weighted by atomic mass is 35.5. The van der Waals surface area contributed by atoms with E-state index in [9.17, 15) is 0 Å². The van der Waals surface area contributed by atoms with Crippen LogP contribution in [0.2, 0.25) is 5.02 Å². The Morgan fingerprint density at radius 3 is 2.94 bits per heavy atom. The van der Waals surface area contributed by atoms with Gasteiger partial charge in [0.15, 0.2) is 0 Å². The molecule has 1 atom stereocenters. The van der Waals surface area contributed by atoms with Crippen molar-refractivity contribution in [2.24, 2.45) is 0 Å². The van der Waals surface area contributed by atoms with Crippen molar-refractivity contribution in [2.75, 3.05) is 13.7 Å². The van der Waals surface area contributed by atoms with Gasteiger partial charge in [-0.3, -0.25) is 0 Å². The quantitative estimate of drug-likeness (QED) is 0.829. The highest BCUT2D eigenvalue weighted by molar-refractivity contribution is 6.31. The fraction of sp³-hybridized carbons (Fsp3) is 0.600. The minimum absolute atomic E-state index is 0.426. The number of fused-ring (bicyclic) bond motifs is 1. The first-order valence-corrected chi connectivity index (χ1v) is 7.23. The minimum Gasteiger partial charge on any atom is -0.497 e. The topological polar surface area (TPSA) is 21.3 Å². The number of rotatable bonds is 4. The standard InChI is InChI=1S/C15H22ClNO/c1-3-8-17-15-7-5-4-6-12-13(15)9-11(18-2)10-14(12)16/h9-10,15,17H,3-8H2,1-2H3. The average Bonchev–Trinajstić information content (AvgIpc) is 2.59. The van der Waals surface area contributed by atoms with Gasteiger partial charge in [-0.1, -0.05) is 24.9 Å². The molecule has 100 valence electrons. The summed E-state index contributed by atoms with van der Waals surface area (Å²) in [6, 6.07) is 4.51. The van der Waals surface area contributed by atoms with E-state index in [-0.39, 0.29) is 0 Å². The second-order valence-corrected chi connectivity index (χ2v) is 5.34. The summed E-state index contributed by atoms with van der Waals surface area (Å²) >= 11 is 6.39. The second kappa shape index (κ2) is 6.44. The first kappa shape index (κ1) is 13.7. The molecule has 0 saturated carbocycles. The Morgan fingerprint density at radius 1 is 1.39 bits per heavy atom. The summed E-state index contributed by atoms with van der Waals surface area (Å²) in [6.45, 7) is 3.25. The number of nitrogens with one attached hydrogen (secondary N) is 1.